The average molecular weight is 358 g/mol. The fourth-order valence-corrected chi connectivity index (χ4v) is 3.38. The topological polar surface area (TPSA) is 77.4 Å². The van der Waals surface area contributed by atoms with Crippen LogP contribution in [0.2, 0.25) is 0 Å². The first-order valence-electron chi connectivity index (χ1n) is 8.72. The fraction of sp³-hybridized carbons (Fsp3) is 0.400. The van der Waals surface area contributed by atoms with E-state index in [2.05, 4.69) is 6.92 Å². The van der Waals surface area contributed by atoms with Crippen molar-refractivity contribution in [3.05, 3.63) is 41.5 Å². The average Bonchev–Trinajstić information content (AvgIpc) is 3.28. The minimum Gasteiger partial charge on any atom is -0.508 e. The molecule has 138 valence electrons. The number of ether oxygens (including phenoxy) is 4. The molecule has 2 heterocycles. The maximum atomic E-state index is 10.8. The fourth-order valence-electron chi connectivity index (χ4n) is 3.38. The summed E-state index contributed by atoms with van der Waals surface area (Å²) < 4.78 is 21.4. The highest BCUT2D eigenvalue weighted by atomic mass is 16.7. The number of fused-ring (bicyclic) bond motifs is 2. The van der Waals surface area contributed by atoms with Crippen molar-refractivity contribution in [2.45, 2.75) is 26.4 Å². The van der Waals surface area contributed by atoms with Crippen molar-refractivity contribution in [3.63, 3.8) is 0 Å². The summed E-state index contributed by atoms with van der Waals surface area (Å²) in [5.74, 6) is 2.86. The van der Waals surface area contributed by atoms with Gasteiger partial charge in [0.05, 0.1) is 6.10 Å². The Labute approximate surface area is 151 Å². The molecule has 2 aliphatic rings. The third-order valence-electron chi connectivity index (χ3n) is 5.25. The van der Waals surface area contributed by atoms with E-state index in [1.54, 1.807) is 6.07 Å². The van der Waals surface area contributed by atoms with E-state index in [4.69, 9.17) is 18.9 Å². The lowest BCUT2D eigenvalue weighted by molar-refractivity contribution is 0.0867. The molecule has 3 atom stereocenters. The summed E-state index contributed by atoms with van der Waals surface area (Å²) in [5.41, 5.74) is 1.58. The van der Waals surface area contributed by atoms with Crippen LogP contribution in [-0.2, 0) is 6.42 Å². The van der Waals surface area contributed by atoms with Crippen molar-refractivity contribution in [1.82, 2.24) is 0 Å². The zero-order valence-corrected chi connectivity index (χ0v) is 14.8. The van der Waals surface area contributed by atoms with Gasteiger partial charge < -0.3 is 29.2 Å². The van der Waals surface area contributed by atoms with Gasteiger partial charge in [-0.1, -0.05) is 19.9 Å². The Morgan fingerprint density at radius 2 is 1.50 bits per heavy atom. The summed E-state index contributed by atoms with van der Waals surface area (Å²) in [5, 5.41) is 21.0. The minimum absolute atomic E-state index is 0.0276. The SMILES string of the molecule is C[C@H]([C@H](C)Cc1cc2c(cc1O)OCO2)[C@H](O)c1ccc2c(c1)OCO2. The largest absolute Gasteiger partial charge is 0.508 e. The van der Waals surface area contributed by atoms with E-state index in [9.17, 15) is 10.2 Å². The molecule has 0 spiro atoms. The molecule has 2 N–H and O–H groups in total. The molecule has 0 bridgehead atoms. The predicted molar refractivity (Wildman–Crippen MR) is 93.8 cm³/mol. The number of aromatic hydroxyl groups is 1. The van der Waals surface area contributed by atoms with Crippen LogP contribution in [0.3, 0.4) is 0 Å². The van der Waals surface area contributed by atoms with Gasteiger partial charge in [0.2, 0.25) is 13.6 Å². The molecule has 2 aromatic carbocycles. The highest BCUT2D eigenvalue weighted by Crippen LogP contribution is 2.41. The lowest BCUT2D eigenvalue weighted by Gasteiger charge is -2.26. The van der Waals surface area contributed by atoms with Gasteiger partial charge in [-0.2, -0.15) is 0 Å². The number of phenols is 1. The molecule has 4 rings (SSSR count). The van der Waals surface area contributed by atoms with Crippen molar-refractivity contribution in [1.29, 1.82) is 0 Å². The summed E-state index contributed by atoms with van der Waals surface area (Å²) in [4.78, 5) is 0. The van der Waals surface area contributed by atoms with E-state index in [0.29, 0.717) is 29.4 Å². The molecule has 6 heteroatoms. The molecular formula is C20H22O6. The summed E-state index contributed by atoms with van der Waals surface area (Å²) in [6, 6.07) is 8.91. The second-order valence-corrected chi connectivity index (χ2v) is 6.93. The van der Waals surface area contributed by atoms with Crippen LogP contribution < -0.4 is 18.9 Å². The summed E-state index contributed by atoms with van der Waals surface area (Å²) >= 11 is 0. The number of hydrogen-bond donors (Lipinski definition) is 2. The van der Waals surface area contributed by atoms with Crippen molar-refractivity contribution >= 4 is 0 Å². The first-order chi connectivity index (χ1) is 12.5. The second-order valence-electron chi connectivity index (χ2n) is 6.93. The molecule has 0 saturated heterocycles. The van der Waals surface area contributed by atoms with Gasteiger partial charge in [-0.3, -0.25) is 0 Å². The van der Waals surface area contributed by atoms with Gasteiger partial charge in [-0.15, -0.1) is 0 Å². The summed E-state index contributed by atoms with van der Waals surface area (Å²) in [6.45, 7) is 4.45. The summed E-state index contributed by atoms with van der Waals surface area (Å²) in [7, 11) is 0. The number of phenolic OH excluding ortho intramolecular Hbond substituents is 1. The molecule has 6 nitrogen and oxygen atoms in total. The first kappa shape index (κ1) is 16.8. The van der Waals surface area contributed by atoms with Crippen LogP contribution in [0.5, 0.6) is 28.7 Å². The Bertz CT molecular complexity index is 818. The number of benzene rings is 2. The van der Waals surface area contributed by atoms with Crippen LogP contribution in [0.25, 0.3) is 0 Å². The smallest absolute Gasteiger partial charge is 0.231 e. The molecule has 0 fully saturated rings. The normalized spacial score (nSPS) is 17.8. The number of hydrogen-bond acceptors (Lipinski definition) is 6. The zero-order valence-electron chi connectivity index (χ0n) is 14.8. The summed E-state index contributed by atoms with van der Waals surface area (Å²) in [6.07, 6.45) is -0.0266. The number of rotatable bonds is 5. The third-order valence-corrected chi connectivity index (χ3v) is 5.25. The number of aliphatic hydroxyl groups excluding tert-OH is 1. The van der Waals surface area contributed by atoms with E-state index in [1.807, 2.05) is 31.2 Å². The van der Waals surface area contributed by atoms with Crippen LogP contribution >= 0.6 is 0 Å². The van der Waals surface area contributed by atoms with Crippen molar-refractivity contribution in [2.75, 3.05) is 13.6 Å². The molecular weight excluding hydrogens is 336 g/mol. The molecule has 2 aliphatic heterocycles. The van der Waals surface area contributed by atoms with Crippen LogP contribution in [0, 0.1) is 11.8 Å². The Kier molecular flexibility index (Phi) is 4.28. The second kappa shape index (κ2) is 6.61. The molecule has 0 unspecified atom stereocenters. The monoisotopic (exact) mass is 358 g/mol. The van der Waals surface area contributed by atoms with Gasteiger partial charge in [-0.05, 0) is 47.6 Å². The van der Waals surface area contributed by atoms with Crippen LogP contribution in [-0.4, -0.2) is 23.8 Å². The van der Waals surface area contributed by atoms with Crippen molar-refractivity contribution in [3.8, 4) is 28.7 Å². The third kappa shape index (κ3) is 3.01. The van der Waals surface area contributed by atoms with Crippen LogP contribution in [0.4, 0.5) is 0 Å². The van der Waals surface area contributed by atoms with Crippen LogP contribution in [0.1, 0.15) is 31.1 Å². The zero-order chi connectivity index (χ0) is 18.3. The van der Waals surface area contributed by atoms with Gasteiger partial charge in [0, 0.05) is 6.07 Å². The minimum atomic E-state index is -0.643. The molecule has 0 saturated carbocycles. The van der Waals surface area contributed by atoms with Crippen molar-refractivity contribution < 1.29 is 29.2 Å². The quantitative estimate of drug-likeness (QED) is 0.853. The molecule has 2 aromatic rings. The highest BCUT2D eigenvalue weighted by Gasteiger charge is 2.26. The van der Waals surface area contributed by atoms with E-state index >= 15 is 0 Å². The van der Waals surface area contributed by atoms with E-state index < -0.39 is 6.10 Å². The Morgan fingerprint density at radius 3 is 2.23 bits per heavy atom. The van der Waals surface area contributed by atoms with E-state index in [-0.39, 0.29) is 31.2 Å². The van der Waals surface area contributed by atoms with E-state index in [1.165, 1.54) is 0 Å². The van der Waals surface area contributed by atoms with Gasteiger partial charge in [-0.25, -0.2) is 0 Å². The molecule has 0 aromatic heterocycles. The molecule has 0 radical (unpaired) electrons. The van der Waals surface area contributed by atoms with Crippen LogP contribution in [0.15, 0.2) is 30.3 Å². The maximum absolute atomic E-state index is 10.8. The maximum Gasteiger partial charge on any atom is 0.231 e. The van der Waals surface area contributed by atoms with Gasteiger partial charge >= 0.3 is 0 Å². The van der Waals surface area contributed by atoms with Gasteiger partial charge in [0.25, 0.3) is 0 Å². The molecule has 26 heavy (non-hydrogen) atoms. The van der Waals surface area contributed by atoms with Gasteiger partial charge in [0.1, 0.15) is 5.75 Å². The first-order valence-corrected chi connectivity index (χ1v) is 8.72. The molecule has 0 amide bonds. The Hall–Kier alpha value is -2.60. The number of aliphatic hydroxyl groups is 1. The van der Waals surface area contributed by atoms with E-state index in [0.717, 1.165) is 11.1 Å². The van der Waals surface area contributed by atoms with Gasteiger partial charge in [0.15, 0.2) is 23.0 Å². The Morgan fingerprint density at radius 1 is 0.885 bits per heavy atom. The highest BCUT2D eigenvalue weighted by molar-refractivity contribution is 5.51. The lowest BCUT2D eigenvalue weighted by Crippen LogP contribution is -2.19. The standard InChI is InChI=1S/C20H22O6/c1-11(5-14-7-18-19(8-15(14)21)26-10-25-18)12(2)20(22)13-3-4-16-17(6-13)24-9-23-16/h3-4,6-8,11-12,20-22H,5,9-10H2,1-2H3/t11-,12-,20+/m1/s1. The predicted octanol–water partition coefficient (Wildman–Crippen LogP) is 3.40. The lowest BCUT2D eigenvalue weighted by atomic mass is 9.83. The molecule has 0 aliphatic carbocycles. The van der Waals surface area contributed by atoms with Crippen molar-refractivity contribution in [2.24, 2.45) is 11.8 Å². The Balaban J connectivity index is 1.48.